The maximum absolute atomic E-state index is 8.67. The van der Waals surface area contributed by atoms with Crippen molar-refractivity contribution in [2.75, 3.05) is 0 Å². The Morgan fingerprint density at radius 3 is 3.18 bits per heavy atom. The molecule has 0 spiro atoms. The fourth-order valence-electron chi connectivity index (χ4n) is 0.982. The zero-order valence-electron chi connectivity index (χ0n) is 5.61. The summed E-state index contributed by atoms with van der Waals surface area (Å²) in [6.07, 6.45) is 3.37. The molecule has 0 amide bonds. The number of aromatic nitrogens is 1. The number of rotatable bonds is 0. The monoisotopic (exact) mass is 160 g/mol. The largest absolute Gasteiger partial charge is 0.262 e. The minimum Gasteiger partial charge on any atom is -0.262 e. The van der Waals surface area contributed by atoms with Crippen molar-refractivity contribution in [1.82, 2.24) is 4.98 Å². The molecule has 0 bridgehead atoms. The lowest BCUT2D eigenvalue weighted by molar-refractivity contribution is 1.35. The number of nitriles is 1. The van der Waals surface area contributed by atoms with Crippen LogP contribution in [0.5, 0.6) is 0 Å². The Balaban J connectivity index is 2.92. The van der Waals surface area contributed by atoms with Gasteiger partial charge in [-0.3, -0.25) is 4.98 Å². The summed E-state index contributed by atoms with van der Waals surface area (Å²) in [6.45, 7) is 0. The Kier molecular flexibility index (Phi) is 1.34. The van der Waals surface area contributed by atoms with E-state index < -0.39 is 0 Å². The van der Waals surface area contributed by atoms with Crippen LogP contribution in [-0.2, 0) is 0 Å². The zero-order valence-corrected chi connectivity index (χ0v) is 6.43. The van der Waals surface area contributed by atoms with Crippen LogP contribution >= 0.6 is 11.3 Å². The summed E-state index contributed by atoms with van der Waals surface area (Å²) in [5, 5.41) is 11.6. The van der Waals surface area contributed by atoms with Crippen LogP contribution in [0.1, 0.15) is 5.56 Å². The minimum atomic E-state index is 0.656. The molecule has 0 fully saturated rings. The lowest BCUT2D eigenvalue weighted by Gasteiger charge is -1.88. The average Bonchev–Trinajstić information content (AvgIpc) is 2.50. The highest BCUT2D eigenvalue weighted by Gasteiger charge is 1.99. The van der Waals surface area contributed by atoms with Crippen molar-refractivity contribution >= 4 is 21.4 Å². The first-order valence-electron chi connectivity index (χ1n) is 3.13. The van der Waals surface area contributed by atoms with Crippen molar-refractivity contribution in [2.24, 2.45) is 0 Å². The number of hydrogen-bond acceptors (Lipinski definition) is 3. The van der Waals surface area contributed by atoms with Crippen LogP contribution in [-0.4, -0.2) is 4.98 Å². The molecule has 2 rings (SSSR count). The maximum Gasteiger partial charge on any atom is 0.101 e. The van der Waals surface area contributed by atoms with Gasteiger partial charge in [0.25, 0.3) is 0 Å². The molecule has 2 aromatic heterocycles. The van der Waals surface area contributed by atoms with Gasteiger partial charge >= 0.3 is 0 Å². The summed E-state index contributed by atoms with van der Waals surface area (Å²) >= 11 is 1.60. The molecule has 0 radical (unpaired) electrons. The first-order valence-corrected chi connectivity index (χ1v) is 4.01. The Hall–Kier alpha value is -1.40. The van der Waals surface area contributed by atoms with Gasteiger partial charge in [0.1, 0.15) is 6.07 Å². The van der Waals surface area contributed by atoms with Gasteiger partial charge in [-0.05, 0) is 11.4 Å². The third kappa shape index (κ3) is 0.883. The molecule has 0 aliphatic rings. The Labute approximate surface area is 67.7 Å². The molecular weight excluding hydrogens is 156 g/mol. The normalized spacial score (nSPS) is 9.73. The summed E-state index contributed by atoms with van der Waals surface area (Å²) in [5.41, 5.74) is 0.656. The molecule has 0 saturated heterocycles. The fraction of sp³-hybridized carbons (Fsp3) is 0. The lowest BCUT2D eigenvalue weighted by Crippen LogP contribution is -1.76. The van der Waals surface area contributed by atoms with Crippen molar-refractivity contribution in [3.63, 3.8) is 0 Å². The number of nitrogens with zero attached hydrogens (tertiary/aromatic N) is 2. The molecule has 0 aliphatic carbocycles. The summed E-state index contributed by atoms with van der Waals surface area (Å²) in [4.78, 5) is 3.94. The standard InChI is InChI=1S/C8H4N2S/c9-3-6-4-10-5-8-7(6)1-2-11-8/h1-2,4-5H. The topological polar surface area (TPSA) is 36.7 Å². The van der Waals surface area contributed by atoms with E-state index in [9.17, 15) is 0 Å². The molecule has 2 heterocycles. The molecule has 0 atom stereocenters. The van der Waals surface area contributed by atoms with Gasteiger partial charge in [-0.2, -0.15) is 5.26 Å². The molecule has 0 aliphatic heterocycles. The highest BCUT2D eigenvalue weighted by atomic mass is 32.1. The number of fused-ring (bicyclic) bond motifs is 1. The predicted octanol–water partition coefficient (Wildman–Crippen LogP) is 2.17. The molecule has 2 aromatic rings. The van der Waals surface area contributed by atoms with E-state index in [4.69, 9.17) is 5.26 Å². The molecular formula is C8H4N2S. The average molecular weight is 160 g/mol. The SMILES string of the molecule is N#Cc1cncc2sccc12. The number of thiophene rings is 1. The Morgan fingerprint density at radius 1 is 1.45 bits per heavy atom. The molecule has 0 aromatic carbocycles. The van der Waals surface area contributed by atoms with Crippen molar-refractivity contribution in [1.29, 1.82) is 5.26 Å². The first-order chi connectivity index (χ1) is 5.42. The van der Waals surface area contributed by atoms with Crippen LogP contribution in [0.2, 0.25) is 0 Å². The molecule has 11 heavy (non-hydrogen) atoms. The molecule has 0 N–H and O–H groups in total. The van der Waals surface area contributed by atoms with Gasteiger partial charge in [0, 0.05) is 17.8 Å². The van der Waals surface area contributed by atoms with Gasteiger partial charge in [0.15, 0.2) is 0 Å². The van der Waals surface area contributed by atoms with E-state index in [0.717, 1.165) is 10.1 Å². The number of pyridine rings is 1. The summed E-state index contributed by atoms with van der Waals surface area (Å²) in [5.74, 6) is 0. The van der Waals surface area contributed by atoms with Crippen LogP contribution in [0.15, 0.2) is 23.8 Å². The van der Waals surface area contributed by atoms with E-state index in [0.29, 0.717) is 5.56 Å². The van der Waals surface area contributed by atoms with Gasteiger partial charge in [-0.15, -0.1) is 11.3 Å². The van der Waals surface area contributed by atoms with Crippen molar-refractivity contribution < 1.29 is 0 Å². The van der Waals surface area contributed by atoms with Crippen molar-refractivity contribution in [2.45, 2.75) is 0 Å². The second-order valence-electron chi connectivity index (χ2n) is 2.13. The van der Waals surface area contributed by atoms with Crippen LogP contribution in [0.25, 0.3) is 10.1 Å². The summed E-state index contributed by atoms with van der Waals surface area (Å²) in [6, 6.07) is 4.04. The van der Waals surface area contributed by atoms with Crippen LogP contribution in [0.3, 0.4) is 0 Å². The van der Waals surface area contributed by atoms with Crippen LogP contribution < -0.4 is 0 Å². The third-order valence-corrected chi connectivity index (χ3v) is 2.35. The summed E-state index contributed by atoms with van der Waals surface area (Å²) < 4.78 is 1.07. The first kappa shape index (κ1) is 6.32. The van der Waals surface area contributed by atoms with Gasteiger partial charge < -0.3 is 0 Å². The minimum absolute atomic E-state index is 0.656. The van der Waals surface area contributed by atoms with Gasteiger partial charge in [0.2, 0.25) is 0 Å². The van der Waals surface area contributed by atoms with Gasteiger partial charge in [0.05, 0.1) is 10.3 Å². The van der Waals surface area contributed by atoms with Crippen LogP contribution in [0.4, 0.5) is 0 Å². The highest BCUT2D eigenvalue weighted by Crippen LogP contribution is 2.21. The highest BCUT2D eigenvalue weighted by molar-refractivity contribution is 7.17. The molecule has 3 heteroatoms. The van der Waals surface area contributed by atoms with E-state index in [1.807, 2.05) is 11.4 Å². The molecule has 52 valence electrons. The van der Waals surface area contributed by atoms with E-state index in [1.165, 1.54) is 0 Å². The maximum atomic E-state index is 8.67. The summed E-state index contributed by atoms with van der Waals surface area (Å²) in [7, 11) is 0. The van der Waals surface area contributed by atoms with Crippen molar-refractivity contribution in [3.8, 4) is 6.07 Å². The smallest absolute Gasteiger partial charge is 0.101 e. The lowest BCUT2D eigenvalue weighted by atomic mass is 10.2. The van der Waals surface area contributed by atoms with E-state index in [1.54, 1.807) is 23.7 Å². The third-order valence-electron chi connectivity index (χ3n) is 1.50. The van der Waals surface area contributed by atoms with E-state index in [-0.39, 0.29) is 0 Å². The van der Waals surface area contributed by atoms with Gasteiger partial charge in [-0.25, -0.2) is 0 Å². The van der Waals surface area contributed by atoms with Crippen molar-refractivity contribution in [3.05, 3.63) is 29.4 Å². The van der Waals surface area contributed by atoms with E-state index >= 15 is 0 Å². The van der Waals surface area contributed by atoms with Gasteiger partial charge in [-0.1, -0.05) is 0 Å². The Bertz CT molecular complexity index is 425. The zero-order chi connectivity index (χ0) is 7.68. The van der Waals surface area contributed by atoms with Crippen LogP contribution in [0, 0.1) is 11.3 Å². The van der Waals surface area contributed by atoms with E-state index in [2.05, 4.69) is 11.1 Å². The fourth-order valence-corrected chi connectivity index (χ4v) is 1.76. The molecule has 0 saturated carbocycles. The second kappa shape index (κ2) is 2.33. The molecule has 0 unspecified atom stereocenters. The second-order valence-corrected chi connectivity index (χ2v) is 3.08. The predicted molar refractivity (Wildman–Crippen MR) is 44.3 cm³/mol. The molecule has 2 nitrogen and oxygen atoms in total. The Morgan fingerprint density at radius 2 is 2.36 bits per heavy atom. The number of hydrogen-bond donors (Lipinski definition) is 0. The quantitative estimate of drug-likeness (QED) is 0.592.